The molecule has 1 unspecified atom stereocenters. The highest BCUT2D eigenvalue weighted by molar-refractivity contribution is 8.45. The second-order valence-electron chi connectivity index (χ2n) is 11.2. The Bertz CT molecular complexity index is 1390. The van der Waals surface area contributed by atoms with Gasteiger partial charge in [0.15, 0.2) is 6.19 Å². The number of hydrogen-bond acceptors (Lipinski definition) is 7. The maximum absolute atomic E-state index is 14.5. The maximum Gasteiger partial charge on any atom is 0.310 e. The third-order valence-corrected chi connectivity index (χ3v) is 9.34. The fraction of sp³-hybridized carbons (Fsp3) is 0.500. The molecule has 1 saturated carbocycles. The van der Waals surface area contributed by atoms with Gasteiger partial charge in [0.1, 0.15) is 17.0 Å². The SMILES string of the molecule is CO[C@@H]1C[C@H](C(=O)N(c2ccc(S(F)(F)(F)(F)F)cc2)C(C(=O)N(CCN2CCC2)C2CC2)c2cccnc2)N(C#N)C1. The van der Waals surface area contributed by atoms with E-state index in [4.69, 9.17) is 4.74 Å². The lowest BCUT2D eigenvalue weighted by molar-refractivity contribution is -0.136. The third kappa shape index (κ3) is 6.86. The fourth-order valence-electron chi connectivity index (χ4n) is 5.55. The standard InChI is InChI=1S/C28H33F5N6O3S/c1-42-23-16-25(37(18-23)19-34)27(40)39(22-7-9-24(10-8-22)43(29,30,31,32)33)26(20-4-2-11-35-17-20)28(41)38(21-5-6-21)15-14-36-12-3-13-36/h2,4,7-11,17,21,23,25-26H,3,5-6,12-16,18H2,1H3/t23-,25-,26?/m1/s1. The van der Waals surface area contributed by atoms with E-state index in [1.54, 1.807) is 17.0 Å². The van der Waals surface area contributed by atoms with E-state index in [0.717, 1.165) is 49.4 Å². The van der Waals surface area contributed by atoms with Crippen molar-refractivity contribution in [3.63, 3.8) is 0 Å². The molecule has 0 bridgehead atoms. The van der Waals surface area contributed by atoms with E-state index >= 15 is 0 Å². The quantitative estimate of drug-likeness (QED) is 0.253. The Morgan fingerprint density at radius 1 is 1.14 bits per heavy atom. The first kappa shape index (κ1) is 31.0. The van der Waals surface area contributed by atoms with Crippen molar-refractivity contribution < 1.29 is 33.8 Å². The molecule has 3 heterocycles. The first-order valence-electron chi connectivity index (χ1n) is 14.0. The van der Waals surface area contributed by atoms with Gasteiger partial charge in [0.05, 0.1) is 12.6 Å². The summed E-state index contributed by atoms with van der Waals surface area (Å²) in [6.45, 7) is 2.91. The van der Waals surface area contributed by atoms with Gasteiger partial charge in [0, 0.05) is 56.3 Å². The van der Waals surface area contributed by atoms with E-state index in [2.05, 4.69) is 9.88 Å². The van der Waals surface area contributed by atoms with Gasteiger partial charge in [-0.15, -0.1) is 0 Å². The lowest BCUT2D eigenvalue weighted by atomic mass is 10.0. The Morgan fingerprint density at radius 3 is 2.35 bits per heavy atom. The van der Waals surface area contributed by atoms with Gasteiger partial charge in [0.2, 0.25) is 0 Å². The zero-order valence-electron chi connectivity index (χ0n) is 23.5. The highest BCUT2D eigenvalue weighted by Gasteiger charge is 2.65. The summed E-state index contributed by atoms with van der Waals surface area (Å²) in [5.41, 5.74) is 0.0899. The lowest BCUT2D eigenvalue weighted by Gasteiger charge is -2.41. The predicted molar refractivity (Wildman–Crippen MR) is 150 cm³/mol. The number of methoxy groups -OCH3 is 1. The van der Waals surface area contributed by atoms with E-state index in [-0.39, 0.29) is 42.4 Å². The van der Waals surface area contributed by atoms with Gasteiger partial charge in [0.25, 0.3) is 11.8 Å². The second kappa shape index (κ2) is 10.9. The van der Waals surface area contributed by atoms with Crippen LogP contribution < -0.4 is 4.90 Å². The number of nitriles is 1. The molecule has 3 aliphatic rings. The van der Waals surface area contributed by atoms with Crippen molar-refractivity contribution in [2.24, 2.45) is 0 Å². The molecule has 3 atom stereocenters. The Morgan fingerprint density at radius 2 is 1.84 bits per heavy atom. The topological polar surface area (TPSA) is 93.0 Å². The number of carbonyl (C=O) groups excluding carboxylic acids is 2. The summed E-state index contributed by atoms with van der Waals surface area (Å²) in [5.74, 6) is -1.21. The van der Waals surface area contributed by atoms with E-state index in [9.17, 15) is 34.3 Å². The summed E-state index contributed by atoms with van der Waals surface area (Å²) in [5, 5.41) is 9.77. The number of nitrogens with zero attached hydrogens (tertiary/aromatic N) is 6. The van der Waals surface area contributed by atoms with Crippen LogP contribution in [0.2, 0.25) is 0 Å². The summed E-state index contributed by atoms with van der Waals surface area (Å²) < 4.78 is 73.3. The number of rotatable bonds is 11. The smallest absolute Gasteiger partial charge is 0.310 e. The molecule has 2 aromatic rings. The third-order valence-electron chi connectivity index (χ3n) is 8.18. The number of benzene rings is 1. The highest BCUT2D eigenvalue weighted by Crippen LogP contribution is 3.02. The zero-order chi connectivity index (χ0) is 31.1. The molecule has 0 radical (unpaired) electrons. The van der Waals surface area contributed by atoms with Gasteiger partial charge < -0.3 is 14.5 Å². The molecule has 3 fully saturated rings. The molecule has 1 aliphatic carbocycles. The van der Waals surface area contributed by atoms with Gasteiger partial charge in [-0.2, -0.15) is 5.26 Å². The molecule has 0 N–H and O–H groups in total. The number of aromatic nitrogens is 1. The van der Waals surface area contributed by atoms with Crippen molar-refractivity contribution in [1.82, 2.24) is 19.7 Å². The Hall–Kier alpha value is -3.48. The molecule has 1 aromatic carbocycles. The van der Waals surface area contributed by atoms with E-state index < -0.39 is 45.1 Å². The van der Waals surface area contributed by atoms with Crippen LogP contribution in [0.4, 0.5) is 25.1 Å². The van der Waals surface area contributed by atoms with Crippen LogP contribution in [0.15, 0.2) is 53.7 Å². The van der Waals surface area contributed by atoms with Crippen molar-refractivity contribution in [3.8, 4) is 6.19 Å². The molecule has 0 spiro atoms. The van der Waals surface area contributed by atoms with Crippen LogP contribution in [-0.4, -0.2) is 89.5 Å². The second-order valence-corrected chi connectivity index (χ2v) is 13.6. The first-order valence-corrected chi connectivity index (χ1v) is 15.9. The Balaban J connectivity index is 1.60. The summed E-state index contributed by atoms with van der Waals surface area (Å²) >= 11 is 0. The average Bonchev–Trinajstić information content (AvgIpc) is 3.69. The molecule has 234 valence electrons. The first-order chi connectivity index (χ1) is 20.2. The molecule has 2 aliphatic heterocycles. The van der Waals surface area contributed by atoms with Crippen LogP contribution in [0.3, 0.4) is 0 Å². The normalized spacial score (nSPS) is 23.0. The van der Waals surface area contributed by atoms with Gasteiger partial charge in [-0.05, 0) is 62.7 Å². The molecule has 9 nitrogen and oxygen atoms in total. The minimum absolute atomic E-state index is 0.0691. The molecule has 43 heavy (non-hydrogen) atoms. The monoisotopic (exact) mass is 628 g/mol. The number of pyridine rings is 1. The number of carbonyl (C=O) groups is 2. The van der Waals surface area contributed by atoms with Crippen LogP contribution in [-0.2, 0) is 14.3 Å². The van der Waals surface area contributed by atoms with Crippen LogP contribution in [0.1, 0.15) is 37.3 Å². The molecule has 2 amide bonds. The van der Waals surface area contributed by atoms with Crippen LogP contribution in [0, 0.1) is 11.5 Å². The zero-order valence-corrected chi connectivity index (χ0v) is 24.3. The number of amides is 2. The highest BCUT2D eigenvalue weighted by atomic mass is 32.5. The fourth-order valence-corrected chi connectivity index (χ4v) is 6.20. The van der Waals surface area contributed by atoms with Gasteiger partial charge in [-0.25, -0.2) is 0 Å². The van der Waals surface area contributed by atoms with Gasteiger partial charge in [-0.1, -0.05) is 25.5 Å². The van der Waals surface area contributed by atoms with Crippen molar-refractivity contribution in [2.45, 2.75) is 54.8 Å². The van der Waals surface area contributed by atoms with E-state index in [0.29, 0.717) is 13.1 Å². The number of likely N-dealkylation sites (tertiary alicyclic amines) is 2. The number of hydrogen-bond donors (Lipinski definition) is 0. The van der Waals surface area contributed by atoms with Crippen molar-refractivity contribution in [1.29, 1.82) is 5.26 Å². The van der Waals surface area contributed by atoms with E-state index in [1.807, 2.05) is 6.19 Å². The van der Waals surface area contributed by atoms with Crippen molar-refractivity contribution >= 4 is 27.7 Å². The van der Waals surface area contributed by atoms with Crippen LogP contribution >= 0.6 is 10.2 Å². The Kier molecular flexibility index (Phi) is 7.85. The summed E-state index contributed by atoms with van der Waals surface area (Å²) in [4.78, 5) is 36.9. The molecule has 5 rings (SSSR count). The summed E-state index contributed by atoms with van der Waals surface area (Å²) in [7, 11) is -8.59. The lowest BCUT2D eigenvalue weighted by Crippen LogP contribution is -2.52. The number of ether oxygens (including phenoxy) is 1. The van der Waals surface area contributed by atoms with Crippen molar-refractivity contribution in [3.05, 3.63) is 54.4 Å². The van der Waals surface area contributed by atoms with Crippen LogP contribution in [0.25, 0.3) is 0 Å². The minimum Gasteiger partial charge on any atom is -0.379 e. The number of halogens is 5. The Labute approximate surface area is 246 Å². The number of anilines is 1. The van der Waals surface area contributed by atoms with E-state index in [1.165, 1.54) is 24.4 Å². The molecule has 1 aromatic heterocycles. The minimum atomic E-state index is -10.0. The van der Waals surface area contributed by atoms with Gasteiger partial charge >= 0.3 is 10.2 Å². The maximum atomic E-state index is 14.5. The average molecular weight is 629 g/mol. The molecule has 2 saturated heterocycles. The summed E-state index contributed by atoms with van der Waals surface area (Å²) in [6.07, 6.45) is 7.00. The molecular formula is C28H33F5N6O3S. The van der Waals surface area contributed by atoms with Crippen molar-refractivity contribution in [2.75, 3.05) is 44.7 Å². The van der Waals surface area contributed by atoms with Crippen LogP contribution in [0.5, 0.6) is 0 Å². The largest absolute Gasteiger partial charge is 0.379 e. The molecular weight excluding hydrogens is 595 g/mol. The van der Waals surface area contributed by atoms with Gasteiger partial charge in [-0.3, -0.25) is 24.4 Å². The summed E-state index contributed by atoms with van der Waals surface area (Å²) in [6, 6.07) is 2.56. The molecule has 15 heteroatoms. The predicted octanol–water partition coefficient (Wildman–Crippen LogP) is 5.08.